The van der Waals surface area contributed by atoms with E-state index in [1.807, 2.05) is 0 Å². The summed E-state index contributed by atoms with van der Waals surface area (Å²) >= 11 is 0. The third kappa shape index (κ3) is 3.59. The van der Waals surface area contributed by atoms with Crippen molar-refractivity contribution in [1.29, 1.82) is 0 Å². The first-order valence-electron chi connectivity index (χ1n) is 8.08. The molecule has 0 radical (unpaired) electrons. The first kappa shape index (κ1) is 15.7. The standard InChI is InChI=1S/C16H24N2O3S/c1-10-5-14(18-21-10)8-22(20)9-16(19)17-11(2)15-7-12-3-4-13(15)6-12/h5,11-13,15H,3-4,6-9H2,1-2H3,(H,17,19)/t11-,12+,13+,15+,22+/m1/s1. The van der Waals surface area contributed by atoms with Crippen molar-refractivity contribution in [3.63, 3.8) is 0 Å². The molecule has 1 N–H and O–H groups in total. The fraction of sp³-hybridized carbons (Fsp3) is 0.750. The van der Waals surface area contributed by atoms with Crippen molar-refractivity contribution >= 4 is 16.7 Å². The van der Waals surface area contributed by atoms with Crippen LogP contribution in [0.1, 0.15) is 44.1 Å². The van der Waals surface area contributed by atoms with Gasteiger partial charge in [0.15, 0.2) is 0 Å². The minimum atomic E-state index is -1.24. The number of carbonyl (C=O) groups is 1. The van der Waals surface area contributed by atoms with Crippen LogP contribution in [0, 0.1) is 24.7 Å². The van der Waals surface area contributed by atoms with E-state index in [2.05, 4.69) is 17.4 Å². The van der Waals surface area contributed by atoms with Crippen LogP contribution in [-0.4, -0.2) is 27.1 Å². The summed E-state index contributed by atoms with van der Waals surface area (Å²) in [5, 5.41) is 6.87. The summed E-state index contributed by atoms with van der Waals surface area (Å²) in [5.41, 5.74) is 0.643. The van der Waals surface area contributed by atoms with E-state index in [9.17, 15) is 9.00 Å². The van der Waals surface area contributed by atoms with Gasteiger partial charge in [-0.25, -0.2) is 0 Å². The third-order valence-electron chi connectivity index (χ3n) is 5.10. The van der Waals surface area contributed by atoms with Crippen LogP contribution in [0.4, 0.5) is 0 Å². The van der Waals surface area contributed by atoms with Crippen LogP contribution in [0.15, 0.2) is 10.6 Å². The molecule has 6 heteroatoms. The average molecular weight is 324 g/mol. The Labute approximate surface area is 133 Å². The minimum Gasteiger partial charge on any atom is -0.361 e. The molecule has 22 heavy (non-hydrogen) atoms. The van der Waals surface area contributed by atoms with E-state index in [0.717, 1.165) is 11.8 Å². The lowest BCUT2D eigenvalue weighted by Crippen LogP contribution is -2.42. The molecule has 1 aromatic rings. The predicted octanol–water partition coefficient (Wildman–Crippen LogP) is 2.17. The zero-order valence-electron chi connectivity index (χ0n) is 13.2. The third-order valence-corrected chi connectivity index (χ3v) is 6.30. The number of aryl methyl sites for hydroxylation is 1. The Hall–Kier alpha value is -1.17. The number of amides is 1. The van der Waals surface area contributed by atoms with E-state index in [0.29, 0.717) is 17.4 Å². The summed E-state index contributed by atoms with van der Waals surface area (Å²) in [7, 11) is -1.24. The number of hydrogen-bond donors (Lipinski definition) is 1. The van der Waals surface area contributed by atoms with Crippen molar-refractivity contribution < 1.29 is 13.5 Å². The van der Waals surface area contributed by atoms with Gasteiger partial charge in [-0.1, -0.05) is 11.6 Å². The van der Waals surface area contributed by atoms with Crippen molar-refractivity contribution in [3.05, 3.63) is 17.5 Å². The Morgan fingerprint density at radius 2 is 2.32 bits per heavy atom. The molecule has 1 aromatic heterocycles. The van der Waals surface area contributed by atoms with Crippen molar-refractivity contribution in [3.8, 4) is 0 Å². The van der Waals surface area contributed by atoms with Crippen LogP contribution in [0.5, 0.6) is 0 Å². The van der Waals surface area contributed by atoms with E-state index in [-0.39, 0.29) is 23.5 Å². The van der Waals surface area contributed by atoms with E-state index in [1.54, 1.807) is 13.0 Å². The molecule has 2 aliphatic rings. The second-order valence-corrected chi connectivity index (χ2v) is 8.31. The molecule has 0 unspecified atom stereocenters. The van der Waals surface area contributed by atoms with E-state index >= 15 is 0 Å². The summed E-state index contributed by atoms with van der Waals surface area (Å²) in [4.78, 5) is 12.1. The first-order chi connectivity index (χ1) is 10.5. The lowest BCUT2D eigenvalue weighted by molar-refractivity contribution is -0.119. The molecule has 1 heterocycles. The Kier molecular flexibility index (Phi) is 4.66. The molecular weight excluding hydrogens is 300 g/mol. The molecule has 1 amide bonds. The molecule has 3 rings (SSSR count). The van der Waals surface area contributed by atoms with Crippen LogP contribution in [0.25, 0.3) is 0 Å². The molecule has 0 aromatic carbocycles. The SMILES string of the molecule is Cc1cc(C[S@](=O)CC(=O)N[C@H](C)[C@@H]2C[C@H]3CC[C@H]2C3)no1. The summed E-state index contributed by atoms with van der Waals surface area (Å²) in [6, 6.07) is 1.95. The van der Waals surface area contributed by atoms with Crippen molar-refractivity contribution in [2.24, 2.45) is 17.8 Å². The molecule has 0 saturated heterocycles. The summed E-state index contributed by atoms with van der Waals surface area (Å²) < 4.78 is 17.0. The molecule has 0 spiro atoms. The van der Waals surface area contributed by atoms with Gasteiger partial charge in [0.1, 0.15) is 11.5 Å². The van der Waals surface area contributed by atoms with E-state index in [4.69, 9.17) is 4.52 Å². The Balaban J connectivity index is 1.44. The second-order valence-electron chi connectivity index (χ2n) is 6.85. The number of hydrogen-bond acceptors (Lipinski definition) is 4. The van der Waals surface area contributed by atoms with Crippen LogP contribution in [0.2, 0.25) is 0 Å². The molecular formula is C16H24N2O3S. The maximum absolute atomic E-state index is 12.1. The highest BCUT2D eigenvalue weighted by molar-refractivity contribution is 7.84. The maximum Gasteiger partial charge on any atom is 0.232 e. The molecule has 2 aliphatic carbocycles. The number of carbonyl (C=O) groups excluding carboxylic acids is 1. The quantitative estimate of drug-likeness (QED) is 0.870. The van der Waals surface area contributed by atoms with E-state index < -0.39 is 10.8 Å². The number of aromatic nitrogens is 1. The normalized spacial score (nSPS) is 29.5. The van der Waals surface area contributed by atoms with Gasteiger partial charge >= 0.3 is 0 Å². The number of rotatable bonds is 6. The zero-order valence-corrected chi connectivity index (χ0v) is 14.0. The fourth-order valence-corrected chi connectivity index (χ4v) is 5.10. The van der Waals surface area contributed by atoms with Gasteiger partial charge in [-0.3, -0.25) is 9.00 Å². The predicted molar refractivity (Wildman–Crippen MR) is 84.5 cm³/mol. The van der Waals surface area contributed by atoms with Crippen molar-refractivity contribution in [2.45, 2.75) is 51.3 Å². The maximum atomic E-state index is 12.1. The Morgan fingerprint density at radius 1 is 1.50 bits per heavy atom. The zero-order chi connectivity index (χ0) is 15.7. The number of fused-ring (bicyclic) bond motifs is 2. The number of nitrogens with one attached hydrogen (secondary N) is 1. The topological polar surface area (TPSA) is 72.2 Å². The lowest BCUT2D eigenvalue weighted by atomic mass is 9.84. The second kappa shape index (κ2) is 6.52. The van der Waals surface area contributed by atoms with Crippen LogP contribution in [-0.2, 0) is 21.3 Å². The summed E-state index contributed by atoms with van der Waals surface area (Å²) in [6.07, 6.45) is 5.26. The van der Waals surface area contributed by atoms with Gasteiger partial charge in [0, 0.05) is 22.9 Å². The molecule has 122 valence electrons. The monoisotopic (exact) mass is 324 g/mol. The van der Waals surface area contributed by atoms with Gasteiger partial charge in [-0.2, -0.15) is 0 Å². The molecule has 5 atom stereocenters. The summed E-state index contributed by atoms with van der Waals surface area (Å²) in [6.45, 7) is 3.89. The van der Waals surface area contributed by atoms with Crippen LogP contribution in [0.3, 0.4) is 0 Å². The van der Waals surface area contributed by atoms with Gasteiger partial charge in [0.25, 0.3) is 0 Å². The molecule has 5 nitrogen and oxygen atoms in total. The van der Waals surface area contributed by atoms with Crippen molar-refractivity contribution in [2.75, 3.05) is 5.75 Å². The smallest absolute Gasteiger partial charge is 0.232 e. The molecule has 2 fully saturated rings. The highest BCUT2D eigenvalue weighted by atomic mass is 32.2. The first-order valence-corrected chi connectivity index (χ1v) is 9.56. The summed E-state index contributed by atoms with van der Waals surface area (Å²) in [5.74, 6) is 3.15. The van der Waals surface area contributed by atoms with Gasteiger partial charge in [-0.05, 0) is 50.9 Å². The Bertz CT molecular complexity index is 571. The fourth-order valence-electron chi connectivity index (χ4n) is 4.16. The van der Waals surface area contributed by atoms with Crippen molar-refractivity contribution in [1.82, 2.24) is 10.5 Å². The van der Waals surface area contributed by atoms with E-state index in [1.165, 1.54) is 25.7 Å². The van der Waals surface area contributed by atoms with Crippen LogP contribution < -0.4 is 5.32 Å². The highest BCUT2D eigenvalue weighted by Gasteiger charge is 2.42. The molecule has 0 aliphatic heterocycles. The average Bonchev–Trinajstić information content (AvgIpc) is 3.15. The van der Waals surface area contributed by atoms with Gasteiger partial charge < -0.3 is 9.84 Å². The molecule has 2 saturated carbocycles. The highest BCUT2D eigenvalue weighted by Crippen LogP contribution is 2.49. The van der Waals surface area contributed by atoms with Crippen LogP contribution >= 0.6 is 0 Å². The number of nitrogens with zero attached hydrogens (tertiary/aromatic N) is 1. The molecule has 2 bridgehead atoms. The lowest BCUT2D eigenvalue weighted by Gasteiger charge is -2.28. The van der Waals surface area contributed by atoms with Gasteiger partial charge in [0.2, 0.25) is 5.91 Å². The Morgan fingerprint density at radius 3 is 2.91 bits per heavy atom. The van der Waals surface area contributed by atoms with Gasteiger partial charge in [0.05, 0.1) is 11.4 Å². The minimum absolute atomic E-state index is 0.0388. The van der Waals surface area contributed by atoms with Gasteiger partial charge in [-0.15, -0.1) is 0 Å². The largest absolute Gasteiger partial charge is 0.361 e.